The van der Waals surface area contributed by atoms with Crippen molar-refractivity contribution in [2.24, 2.45) is 5.73 Å². The molecule has 0 amide bonds. The SMILES string of the molecule is Cc1ccc(-c2nc(CN)c(-c3ccccc3)s2)cc1Br. The molecule has 21 heavy (non-hydrogen) atoms. The third-order valence-corrected chi connectivity index (χ3v) is 5.40. The van der Waals surface area contributed by atoms with Gasteiger partial charge in [0.2, 0.25) is 0 Å². The maximum Gasteiger partial charge on any atom is 0.124 e. The van der Waals surface area contributed by atoms with Crippen molar-refractivity contribution in [2.45, 2.75) is 13.5 Å². The van der Waals surface area contributed by atoms with Gasteiger partial charge in [-0.25, -0.2) is 4.98 Å². The van der Waals surface area contributed by atoms with Gasteiger partial charge < -0.3 is 5.73 Å². The molecule has 2 nitrogen and oxygen atoms in total. The Hall–Kier alpha value is -1.49. The number of halogens is 1. The summed E-state index contributed by atoms with van der Waals surface area (Å²) in [5.74, 6) is 0. The smallest absolute Gasteiger partial charge is 0.124 e. The van der Waals surface area contributed by atoms with Crippen molar-refractivity contribution in [1.82, 2.24) is 4.98 Å². The number of thiazole rings is 1. The molecule has 0 bridgehead atoms. The summed E-state index contributed by atoms with van der Waals surface area (Å²) in [7, 11) is 0. The van der Waals surface area contributed by atoms with Crippen LogP contribution in [0.1, 0.15) is 11.3 Å². The molecule has 2 N–H and O–H groups in total. The maximum atomic E-state index is 5.87. The second kappa shape index (κ2) is 6.10. The fourth-order valence-corrected chi connectivity index (χ4v) is 3.63. The molecule has 1 heterocycles. The normalized spacial score (nSPS) is 10.8. The van der Waals surface area contributed by atoms with E-state index >= 15 is 0 Å². The minimum Gasteiger partial charge on any atom is -0.325 e. The number of benzene rings is 2. The molecule has 3 aromatic rings. The highest BCUT2D eigenvalue weighted by Gasteiger charge is 2.13. The molecular weight excluding hydrogens is 344 g/mol. The average Bonchev–Trinajstić information content (AvgIpc) is 2.95. The van der Waals surface area contributed by atoms with Gasteiger partial charge in [0.15, 0.2) is 0 Å². The van der Waals surface area contributed by atoms with E-state index in [1.165, 1.54) is 11.1 Å². The molecule has 2 aromatic carbocycles. The lowest BCUT2D eigenvalue weighted by atomic mass is 10.1. The van der Waals surface area contributed by atoms with Crippen molar-refractivity contribution in [3.63, 3.8) is 0 Å². The maximum absolute atomic E-state index is 5.87. The van der Waals surface area contributed by atoms with Crippen LogP contribution in [0.4, 0.5) is 0 Å². The molecule has 3 rings (SSSR count). The number of nitrogens with zero attached hydrogens (tertiary/aromatic N) is 1. The number of nitrogens with two attached hydrogens (primary N) is 1. The molecule has 0 aliphatic rings. The number of hydrogen-bond acceptors (Lipinski definition) is 3. The molecule has 0 fully saturated rings. The quantitative estimate of drug-likeness (QED) is 0.714. The minimum absolute atomic E-state index is 0.452. The molecule has 0 saturated carbocycles. The summed E-state index contributed by atoms with van der Waals surface area (Å²) in [4.78, 5) is 5.88. The summed E-state index contributed by atoms with van der Waals surface area (Å²) in [6.07, 6.45) is 0. The van der Waals surface area contributed by atoms with Gasteiger partial charge in [-0.15, -0.1) is 11.3 Å². The third kappa shape index (κ3) is 2.93. The number of rotatable bonds is 3. The predicted molar refractivity (Wildman–Crippen MR) is 93.3 cm³/mol. The van der Waals surface area contributed by atoms with E-state index in [4.69, 9.17) is 10.7 Å². The molecule has 0 saturated heterocycles. The van der Waals surface area contributed by atoms with Crippen LogP contribution in [0, 0.1) is 6.92 Å². The summed E-state index contributed by atoms with van der Waals surface area (Å²) in [5, 5.41) is 1.01. The van der Waals surface area contributed by atoms with E-state index in [9.17, 15) is 0 Å². The van der Waals surface area contributed by atoms with E-state index in [-0.39, 0.29) is 0 Å². The van der Waals surface area contributed by atoms with Crippen LogP contribution < -0.4 is 5.73 Å². The van der Waals surface area contributed by atoms with Crippen molar-refractivity contribution >= 4 is 27.3 Å². The fourth-order valence-electron chi connectivity index (χ4n) is 2.15. The highest BCUT2D eigenvalue weighted by Crippen LogP contribution is 2.36. The zero-order valence-corrected chi connectivity index (χ0v) is 14.0. The molecule has 1 aromatic heterocycles. The Balaban J connectivity index is 2.09. The van der Waals surface area contributed by atoms with E-state index in [0.717, 1.165) is 25.6 Å². The molecular formula is C17H15BrN2S. The van der Waals surface area contributed by atoms with E-state index in [1.54, 1.807) is 11.3 Å². The topological polar surface area (TPSA) is 38.9 Å². The van der Waals surface area contributed by atoms with Gasteiger partial charge in [-0.1, -0.05) is 58.4 Å². The third-order valence-electron chi connectivity index (χ3n) is 3.35. The van der Waals surface area contributed by atoms with Crippen LogP contribution in [0.3, 0.4) is 0 Å². The largest absolute Gasteiger partial charge is 0.325 e. The van der Waals surface area contributed by atoms with Crippen LogP contribution in [-0.2, 0) is 6.54 Å². The molecule has 4 heteroatoms. The zero-order valence-electron chi connectivity index (χ0n) is 11.6. The van der Waals surface area contributed by atoms with Gasteiger partial charge >= 0.3 is 0 Å². The van der Waals surface area contributed by atoms with Gasteiger partial charge in [-0.2, -0.15) is 0 Å². The van der Waals surface area contributed by atoms with E-state index < -0.39 is 0 Å². The monoisotopic (exact) mass is 358 g/mol. The summed E-state index contributed by atoms with van der Waals surface area (Å²) in [6.45, 7) is 2.53. The second-order valence-electron chi connectivity index (χ2n) is 4.83. The van der Waals surface area contributed by atoms with Gasteiger partial charge in [0, 0.05) is 16.6 Å². The molecule has 0 atom stereocenters. The van der Waals surface area contributed by atoms with Gasteiger partial charge in [0.25, 0.3) is 0 Å². The first-order valence-corrected chi connectivity index (χ1v) is 8.31. The lowest BCUT2D eigenvalue weighted by molar-refractivity contribution is 1.02. The number of hydrogen-bond donors (Lipinski definition) is 1. The second-order valence-corrected chi connectivity index (χ2v) is 6.68. The average molecular weight is 359 g/mol. The van der Waals surface area contributed by atoms with Crippen LogP contribution >= 0.6 is 27.3 Å². The van der Waals surface area contributed by atoms with Gasteiger partial charge in [0.05, 0.1) is 10.6 Å². The number of aryl methyl sites for hydroxylation is 1. The van der Waals surface area contributed by atoms with Gasteiger partial charge in [-0.3, -0.25) is 0 Å². The molecule has 0 spiro atoms. The van der Waals surface area contributed by atoms with Crippen LogP contribution in [-0.4, -0.2) is 4.98 Å². The Labute approximate surface area is 136 Å². The van der Waals surface area contributed by atoms with Crippen molar-refractivity contribution in [2.75, 3.05) is 0 Å². The van der Waals surface area contributed by atoms with Crippen LogP contribution in [0.25, 0.3) is 21.0 Å². The van der Waals surface area contributed by atoms with Crippen LogP contribution in [0.5, 0.6) is 0 Å². The van der Waals surface area contributed by atoms with Crippen LogP contribution in [0.2, 0.25) is 0 Å². The molecule has 0 radical (unpaired) electrons. The molecule has 0 aliphatic heterocycles. The summed E-state index contributed by atoms with van der Waals surface area (Å²) < 4.78 is 1.10. The first-order valence-electron chi connectivity index (χ1n) is 6.70. The predicted octanol–water partition coefficient (Wildman–Crippen LogP) is 5.01. The molecule has 0 aliphatic carbocycles. The Morgan fingerprint density at radius 2 is 1.86 bits per heavy atom. The minimum atomic E-state index is 0.452. The van der Waals surface area contributed by atoms with Crippen LogP contribution in [0.15, 0.2) is 53.0 Å². The van der Waals surface area contributed by atoms with Crippen molar-refractivity contribution < 1.29 is 0 Å². The van der Waals surface area contributed by atoms with Gasteiger partial charge in [0.1, 0.15) is 5.01 Å². The summed E-state index contributed by atoms with van der Waals surface area (Å²) in [5.41, 5.74) is 10.3. The Bertz CT molecular complexity index is 766. The Kier molecular flexibility index (Phi) is 4.19. The Morgan fingerprint density at radius 1 is 1.10 bits per heavy atom. The van der Waals surface area contributed by atoms with Crippen molar-refractivity contribution in [3.05, 3.63) is 64.3 Å². The first kappa shape index (κ1) is 14.4. The first-order chi connectivity index (χ1) is 10.2. The lowest BCUT2D eigenvalue weighted by Gasteiger charge is -2.00. The highest BCUT2D eigenvalue weighted by molar-refractivity contribution is 9.10. The van der Waals surface area contributed by atoms with Gasteiger partial charge in [-0.05, 0) is 24.1 Å². The van der Waals surface area contributed by atoms with Crippen molar-refractivity contribution in [1.29, 1.82) is 0 Å². The van der Waals surface area contributed by atoms with E-state index in [0.29, 0.717) is 6.54 Å². The highest BCUT2D eigenvalue weighted by atomic mass is 79.9. The standard InChI is InChI=1S/C17H15BrN2S/c1-11-7-8-13(9-14(11)18)17-20-15(10-19)16(21-17)12-5-3-2-4-6-12/h2-9H,10,19H2,1H3. The van der Waals surface area contributed by atoms with E-state index in [2.05, 4.69) is 53.2 Å². The molecule has 106 valence electrons. The Morgan fingerprint density at radius 3 is 2.52 bits per heavy atom. The zero-order chi connectivity index (χ0) is 14.8. The van der Waals surface area contributed by atoms with E-state index in [1.807, 2.05) is 18.2 Å². The van der Waals surface area contributed by atoms with Crippen molar-refractivity contribution in [3.8, 4) is 21.0 Å². The number of aromatic nitrogens is 1. The molecule has 0 unspecified atom stereocenters. The summed E-state index contributed by atoms with van der Waals surface area (Å²) >= 11 is 5.28. The summed E-state index contributed by atoms with van der Waals surface area (Å²) in [6, 6.07) is 16.6. The lowest BCUT2D eigenvalue weighted by Crippen LogP contribution is -1.98. The fraction of sp³-hybridized carbons (Fsp3) is 0.118.